The number of carboxylic acids is 2. The summed E-state index contributed by atoms with van der Waals surface area (Å²) in [5, 5.41) is 19.4. The van der Waals surface area contributed by atoms with Gasteiger partial charge in [0.25, 0.3) is 0 Å². The van der Waals surface area contributed by atoms with Gasteiger partial charge in [0.05, 0.1) is 0 Å². The first-order valence-electron chi connectivity index (χ1n) is 10.7. The van der Waals surface area contributed by atoms with Crippen LogP contribution in [0.15, 0.2) is 0 Å². The first-order chi connectivity index (χ1) is 13.0. The molecule has 158 valence electrons. The summed E-state index contributed by atoms with van der Waals surface area (Å²) in [7, 11) is 0. The molecule has 0 radical (unpaired) electrons. The van der Waals surface area contributed by atoms with Gasteiger partial charge >= 0.3 is 11.9 Å². The van der Waals surface area contributed by atoms with Crippen LogP contribution in [-0.2, 0) is 14.4 Å². The molecule has 0 aromatic carbocycles. The van der Waals surface area contributed by atoms with Crippen LogP contribution in [0.5, 0.6) is 0 Å². The van der Waals surface area contributed by atoms with Crippen molar-refractivity contribution in [2.24, 2.45) is 0 Å². The highest BCUT2D eigenvalue weighted by Gasteiger charge is 2.03. The van der Waals surface area contributed by atoms with Gasteiger partial charge in [-0.1, -0.05) is 83.5 Å². The second kappa shape index (κ2) is 19.2. The molecule has 0 aliphatic carbocycles. The predicted molar refractivity (Wildman–Crippen MR) is 107 cm³/mol. The Morgan fingerprint density at radius 3 is 1.15 bits per heavy atom. The normalized spacial score (nSPS) is 10.7. The van der Waals surface area contributed by atoms with Crippen molar-refractivity contribution in [3.05, 3.63) is 0 Å². The summed E-state index contributed by atoms with van der Waals surface area (Å²) in [6, 6.07) is 0. The third kappa shape index (κ3) is 22.4. The Morgan fingerprint density at radius 1 is 0.481 bits per heavy atom. The number of hydrogen-bond donors (Lipinski definition) is 3. The van der Waals surface area contributed by atoms with Crippen molar-refractivity contribution in [3.8, 4) is 0 Å². The molecule has 0 atom stereocenters. The molecule has 0 spiro atoms. The van der Waals surface area contributed by atoms with E-state index >= 15 is 0 Å². The van der Waals surface area contributed by atoms with Crippen molar-refractivity contribution in [2.75, 3.05) is 6.54 Å². The van der Waals surface area contributed by atoms with Crippen LogP contribution in [-0.4, -0.2) is 34.6 Å². The molecule has 3 N–H and O–H groups in total. The Kier molecular flexibility index (Phi) is 18.0. The molecule has 0 saturated carbocycles. The zero-order chi connectivity index (χ0) is 20.2. The minimum atomic E-state index is -1.00. The fourth-order valence-corrected chi connectivity index (χ4v) is 3.12. The van der Waals surface area contributed by atoms with Gasteiger partial charge < -0.3 is 15.5 Å². The van der Waals surface area contributed by atoms with E-state index in [-0.39, 0.29) is 12.5 Å². The summed E-state index contributed by atoms with van der Waals surface area (Å²) in [6.45, 7) is -0.286. The molecular weight excluding hydrogens is 346 g/mol. The van der Waals surface area contributed by atoms with E-state index in [0.29, 0.717) is 12.8 Å². The van der Waals surface area contributed by atoms with E-state index in [2.05, 4.69) is 5.32 Å². The van der Waals surface area contributed by atoms with Crippen LogP contribution in [0.3, 0.4) is 0 Å². The van der Waals surface area contributed by atoms with Gasteiger partial charge in [-0.2, -0.15) is 0 Å². The Balaban J connectivity index is 3.11. The summed E-state index contributed by atoms with van der Waals surface area (Å²) < 4.78 is 0. The maximum Gasteiger partial charge on any atom is 0.322 e. The first-order valence-corrected chi connectivity index (χ1v) is 10.7. The van der Waals surface area contributed by atoms with Crippen LogP contribution in [0.25, 0.3) is 0 Å². The summed E-state index contributed by atoms with van der Waals surface area (Å²) in [5.41, 5.74) is 0. The topological polar surface area (TPSA) is 104 Å². The average molecular weight is 386 g/mol. The Bertz CT molecular complexity index is 398. The average Bonchev–Trinajstić information content (AvgIpc) is 2.62. The molecule has 0 bridgehead atoms. The number of hydrogen-bond acceptors (Lipinski definition) is 3. The highest BCUT2D eigenvalue weighted by atomic mass is 16.4. The lowest BCUT2D eigenvalue weighted by Crippen LogP contribution is -2.28. The molecule has 6 heteroatoms. The maximum atomic E-state index is 11.3. The summed E-state index contributed by atoms with van der Waals surface area (Å²) >= 11 is 0. The highest BCUT2D eigenvalue weighted by molar-refractivity contribution is 5.80. The third-order valence-electron chi connectivity index (χ3n) is 4.73. The van der Waals surface area contributed by atoms with Crippen LogP contribution in [0.2, 0.25) is 0 Å². The van der Waals surface area contributed by atoms with Crippen LogP contribution < -0.4 is 5.32 Å². The number of carbonyl (C=O) groups is 3. The monoisotopic (exact) mass is 385 g/mol. The lowest BCUT2D eigenvalue weighted by Gasteiger charge is -2.04. The van der Waals surface area contributed by atoms with E-state index in [1.165, 1.54) is 57.8 Å². The van der Waals surface area contributed by atoms with Gasteiger partial charge in [0.15, 0.2) is 0 Å². The number of carbonyl (C=O) groups excluding carboxylic acids is 1. The summed E-state index contributed by atoms with van der Waals surface area (Å²) in [4.78, 5) is 32.0. The predicted octanol–water partition coefficient (Wildman–Crippen LogP) is 4.90. The maximum absolute atomic E-state index is 11.3. The molecule has 0 fully saturated rings. The molecule has 6 nitrogen and oxygen atoms in total. The number of amides is 1. The Labute approximate surface area is 164 Å². The Morgan fingerprint density at radius 2 is 0.815 bits per heavy atom. The first kappa shape index (κ1) is 25.4. The van der Waals surface area contributed by atoms with E-state index in [9.17, 15) is 14.4 Å². The minimum absolute atomic E-state index is 0.169. The highest BCUT2D eigenvalue weighted by Crippen LogP contribution is 2.14. The van der Waals surface area contributed by atoms with Crippen LogP contribution in [0.4, 0.5) is 0 Å². The lowest BCUT2D eigenvalue weighted by molar-refractivity contribution is -0.138. The molecule has 0 unspecified atom stereocenters. The SMILES string of the molecule is O=C(O)CCCCCCCCCCCCCCCCCC(=O)NCC(=O)O. The van der Waals surface area contributed by atoms with Crippen molar-refractivity contribution in [1.29, 1.82) is 0 Å². The number of unbranched alkanes of at least 4 members (excludes halogenated alkanes) is 14. The molecule has 1 amide bonds. The zero-order valence-corrected chi connectivity index (χ0v) is 16.8. The van der Waals surface area contributed by atoms with Crippen LogP contribution >= 0.6 is 0 Å². The fraction of sp³-hybridized carbons (Fsp3) is 0.857. The molecule has 0 aliphatic rings. The zero-order valence-electron chi connectivity index (χ0n) is 16.8. The van der Waals surface area contributed by atoms with Gasteiger partial charge in [-0.25, -0.2) is 0 Å². The van der Waals surface area contributed by atoms with Crippen LogP contribution in [0, 0.1) is 0 Å². The smallest absolute Gasteiger partial charge is 0.322 e. The molecule has 0 saturated heterocycles. The molecule has 27 heavy (non-hydrogen) atoms. The quantitative estimate of drug-likeness (QED) is 0.258. The molecule has 0 heterocycles. The number of aliphatic carboxylic acids is 2. The summed E-state index contributed by atoms with van der Waals surface area (Å²) in [6.07, 6.45) is 18.2. The second-order valence-corrected chi connectivity index (χ2v) is 7.37. The van der Waals surface area contributed by atoms with E-state index in [4.69, 9.17) is 10.2 Å². The molecular formula is C21H39NO5. The van der Waals surface area contributed by atoms with E-state index < -0.39 is 11.9 Å². The van der Waals surface area contributed by atoms with Crippen molar-refractivity contribution >= 4 is 17.8 Å². The third-order valence-corrected chi connectivity index (χ3v) is 4.73. The molecule has 0 aromatic heterocycles. The molecule has 0 aliphatic heterocycles. The van der Waals surface area contributed by atoms with Crippen molar-refractivity contribution < 1.29 is 24.6 Å². The van der Waals surface area contributed by atoms with Crippen molar-refractivity contribution in [2.45, 2.75) is 109 Å². The molecule has 0 rings (SSSR count). The van der Waals surface area contributed by atoms with Gasteiger partial charge in [-0.15, -0.1) is 0 Å². The minimum Gasteiger partial charge on any atom is -0.481 e. The van der Waals surface area contributed by atoms with E-state index in [1.807, 2.05) is 0 Å². The van der Waals surface area contributed by atoms with Gasteiger partial charge in [0, 0.05) is 12.8 Å². The fourth-order valence-electron chi connectivity index (χ4n) is 3.12. The largest absolute Gasteiger partial charge is 0.481 e. The van der Waals surface area contributed by atoms with Gasteiger partial charge in [-0.3, -0.25) is 14.4 Å². The lowest BCUT2D eigenvalue weighted by atomic mass is 10.0. The second-order valence-electron chi connectivity index (χ2n) is 7.37. The van der Waals surface area contributed by atoms with E-state index in [1.54, 1.807) is 0 Å². The number of rotatable bonds is 20. The van der Waals surface area contributed by atoms with Crippen molar-refractivity contribution in [3.63, 3.8) is 0 Å². The van der Waals surface area contributed by atoms with Gasteiger partial charge in [-0.05, 0) is 12.8 Å². The van der Waals surface area contributed by atoms with Gasteiger partial charge in [0.1, 0.15) is 6.54 Å². The van der Waals surface area contributed by atoms with E-state index in [0.717, 1.165) is 38.5 Å². The summed E-state index contributed by atoms with van der Waals surface area (Å²) in [5.74, 6) is -1.86. The Hall–Kier alpha value is -1.59. The van der Waals surface area contributed by atoms with Gasteiger partial charge in [0.2, 0.25) is 5.91 Å². The standard InChI is InChI=1S/C21H39NO5/c23-19(22-18-21(26)27)16-14-12-10-8-6-4-2-1-3-5-7-9-11-13-15-17-20(24)25/h1-18H2,(H,22,23)(H,24,25)(H,26,27). The van der Waals surface area contributed by atoms with Crippen LogP contribution in [0.1, 0.15) is 109 Å². The molecule has 0 aromatic rings. The number of nitrogens with one attached hydrogen (secondary N) is 1. The number of carboxylic acid groups (broad SMARTS) is 2. The van der Waals surface area contributed by atoms with Crippen molar-refractivity contribution in [1.82, 2.24) is 5.32 Å².